The Bertz CT molecular complexity index is 737. The van der Waals surface area contributed by atoms with E-state index in [1.807, 2.05) is 0 Å². The molecule has 0 radical (unpaired) electrons. The Morgan fingerprint density at radius 1 is 1.24 bits per heavy atom. The van der Waals surface area contributed by atoms with Gasteiger partial charge in [0.1, 0.15) is 0 Å². The molecule has 21 heavy (non-hydrogen) atoms. The highest BCUT2D eigenvalue weighted by molar-refractivity contribution is 9.11. The van der Waals surface area contributed by atoms with Gasteiger partial charge in [0, 0.05) is 21.3 Å². The van der Waals surface area contributed by atoms with E-state index in [4.69, 9.17) is 11.6 Å². The highest BCUT2D eigenvalue weighted by atomic mass is 79.9. The molecule has 2 N–H and O–H groups in total. The van der Waals surface area contributed by atoms with Crippen LogP contribution in [0.25, 0.3) is 0 Å². The van der Waals surface area contributed by atoms with E-state index in [9.17, 15) is 14.7 Å². The monoisotopic (exact) mass is 432 g/mol. The van der Waals surface area contributed by atoms with E-state index in [-0.39, 0.29) is 21.8 Å². The van der Waals surface area contributed by atoms with Crippen LogP contribution in [0.2, 0.25) is 5.02 Å². The number of anilines is 1. The van der Waals surface area contributed by atoms with E-state index in [0.717, 1.165) is 0 Å². The molecule has 0 unspecified atom stereocenters. The molecule has 0 bridgehead atoms. The molecule has 0 aliphatic carbocycles. The van der Waals surface area contributed by atoms with Crippen molar-refractivity contribution in [2.24, 2.45) is 0 Å². The summed E-state index contributed by atoms with van der Waals surface area (Å²) in [5.41, 5.74) is 0.255. The standard InChI is InChI=1S/C13H7Br2ClN2O3/c14-6-3-7(13(20)21)11(9(15)4-6)18-12(19)8-5-17-2-1-10(8)16/h1-5H,(H,18,19)(H,20,21). The van der Waals surface area contributed by atoms with Crippen molar-refractivity contribution in [1.29, 1.82) is 0 Å². The molecule has 0 aliphatic heterocycles. The van der Waals surface area contributed by atoms with Crippen molar-refractivity contribution in [3.63, 3.8) is 0 Å². The fourth-order valence-corrected chi connectivity index (χ4v) is 3.11. The molecule has 0 fully saturated rings. The fourth-order valence-electron chi connectivity index (χ4n) is 1.59. The molecular weight excluding hydrogens is 427 g/mol. The molecule has 0 saturated carbocycles. The van der Waals surface area contributed by atoms with Gasteiger partial charge in [-0.3, -0.25) is 9.78 Å². The van der Waals surface area contributed by atoms with Gasteiger partial charge in [0.05, 0.1) is 21.8 Å². The molecule has 0 aliphatic rings. The number of benzene rings is 1. The highest BCUT2D eigenvalue weighted by Crippen LogP contribution is 2.31. The molecule has 8 heteroatoms. The normalized spacial score (nSPS) is 10.2. The number of nitrogens with one attached hydrogen (secondary N) is 1. The molecule has 1 aromatic heterocycles. The van der Waals surface area contributed by atoms with E-state index >= 15 is 0 Å². The molecule has 1 heterocycles. The van der Waals surface area contributed by atoms with Gasteiger partial charge >= 0.3 is 5.97 Å². The number of carbonyl (C=O) groups excluding carboxylic acids is 1. The van der Waals surface area contributed by atoms with Crippen LogP contribution in [-0.4, -0.2) is 22.0 Å². The molecule has 0 saturated heterocycles. The largest absolute Gasteiger partial charge is 0.478 e. The van der Waals surface area contributed by atoms with Crippen molar-refractivity contribution >= 4 is 61.0 Å². The Kier molecular flexibility index (Phi) is 4.97. The quantitative estimate of drug-likeness (QED) is 0.759. The third kappa shape index (κ3) is 3.61. The summed E-state index contributed by atoms with van der Waals surface area (Å²) in [5.74, 6) is -1.71. The smallest absolute Gasteiger partial charge is 0.337 e. The maximum Gasteiger partial charge on any atom is 0.337 e. The second kappa shape index (κ2) is 6.55. The Hall–Kier alpha value is -1.44. The van der Waals surface area contributed by atoms with E-state index < -0.39 is 11.9 Å². The fraction of sp³-hybridized carbons (Fsp3) is 0. The number of carboxylic acids is 1. The number of hydrogen-bond acceptors (Lipinski definition) is 3. The second-order valence-corrected chi connectivity index (χ2v) is 6.10. The lowest BCUT2D eigenvalue weighted by Gasteiger charge is -2.12. The lowest BCUT2D eigenvalue weighted by atomic mass is 10.1. The van der Waals surface area contributed by atoms with E-state index in [1.54, 1.807) is 6.07 Å². The Labute approximate surface area is 141 Å². The number of carbonyl (C=O) groups is 2. The summed E-state index contributed by atoms with van der Waals surface area (Å²) >= 11 is 12.3. The summed E-state index contributed by atoms with van der Waals surface area (Å²) in [7, 11) is 0. The zero-order chi connectivity index (χ0) is 15.6. The van der Waals surface area contributed by atoms with Crippen molar-refractivity contribution in [3.05, 3.63) is 55.7 Å². The van der Waals surface area contributed by atoms with Gasteiger partial charge in [0.2, 0.25) is 0 Å². The van der Waals surface area contributed by atoms with Crippen LogP contribution in [0, 0.1) is 0 Å². The van der Waals surface area contributed by atoms with Gasteiger partial charge in [-0.05, 0) is 34.1 Å². The van der Waals surface area contributed by atoms with Crippen molar-refractivity contribution in [2.45, 2.75) is 0 Å². The van der Waals surface area contributed by atoms with Crippen LogP contribution in [0.4, 0.5) is 5.69 Å². The number of rotatable bonds is 3. The van der Waals surface area contributed by atoms with Crippen LogP contribution in [-0.2, 0) is 0 Å². The number of aromatic nitrogens is 1. The van der Waals surface area contributed by atoms with Crippen molar-refractivity contribution in [1.82, 2.24) is 4.98 Å². The molecule has 2 aromatic rings. The zero-order valence-corrected chi connectivity index (χ0v) is 14.2. The third-order valence-corrected chi connectivity index (χ3v) is 3.95. The molecule has 108 valence electrons. The predicted molar refractivity (Wildman–Crippen MR) is 86.0 cm³/mol. The minimum atomic E-state index is -1.16. The van der Waals surface area contributed by atoms with Crippen LogP contribution in [0.1, 0.15) is 20.7 Å². The van der Waals surface area contributed by atoms with Crippen LogP contribution in [0.3, 0.4) is 0 Å². The first kappa shape index (κ1) is 15.9. The maximum atomic E-state index is 12.2. The Morgan fingerprint density at radius 2 is 1.95 bits per heavy atom. The highest BCUT2D eigenvalue weighted by Gasteiger charge is 2.19. The number of nitrogens with zero attached hydrogens (tertiary/aromatic N) is 1. The zero-order valence-electron chi connectivity index (χ0n) is 10.2. The average Bonchev–Trinajstić information content (AvgIpc) is 2.41. The summed E-state index contributed by atoms with van der Waals surface area (Å²) in [6.45, 7) is 0. The number of halogens is 3. The number of carboxylic acid groups (broad SMARTS) is 1. The molecule has 5 nitrogen and oxygen atoms in total. The average molecular weight is 434 g/mol. The molecular formula is C13H7Br2ClN2O3. The first-order valence-electron chi connectivity index (χ1n) is 5.53. The maximum absolute atomic E-state index is 12.2. The van der Waals surface area contributed by atoms with E-state index in [1.165, 1.54) is 24.5 Å². The summed E-state index contributed by atoms with van der Waals surface area (Å²) in [4.78, 5) is 27.3. The molecule has 0 spiro atoms. The second-order valence-electron chi connectivity index (χ2n) is 3.92. The predicted octanol–water partition coefficient (Wildman–Crippen LogP) is 4.21. The third-order valence-electron chi connectivity index (χ3n) is 2.54. The van der Waals surface area contributed by atoms with Crippen molar-refractivity contribution in [2.75, 3.05) is 5.32 Å². The number of aromatic carboxylic acids is 1. The summed E-state index contributed by atoms with van der Waals surface area (Å²) in [5, 5.41) is 12.0. The SMILES string of the molecule is O=C(Nc1c(Br)cc(Br)cc1C(=O)O)c1cnccc1Cl. The van der Waals surface area contributed by atoms with Crippen molar-refractivity contribution < 1.29 is 14.7 Å². The minimum Gasteiger partial charge on any atom is -0.478 e. The van der Waals surface area contributed by atoms with Crippen LogP contribution in [0.15, 0.2) is 39.5 Å². The summed E-state index contributed by atoms with van der Waals surface area (Å²) in [6.07, 6.45) is 2.77. The molecule has 1 amide bonds. The van der Waals surface area contributed by atoms with E-state index in [0.29, 0.717) is 8.95 Å². The molecule has 1 aromatic carbocycles. The van der Waals surface area contributed by atoms with Gasteiger partial charge in [0.15, 0.2) is 0 Å². The van der Waals surface area contributed by atoms with Gasteiger partial charge in [-0.15, -0.1) is 0 Å². The number of pyridine rings is 1. The van der Waals surface area contributed by atoms with E-state index in [2.05, 4.69) is 42.2 Å². The number of hydrogen-bond donors (Lipinski definition) is 2. The summed E-state index contributed by atoms with van der Waals surface area (Å²) < 4.78 is 1.01. The van der Waals surface area contributed by atoms with Gasteiger partial charge in [-0.1, -0.05) is 27.5 Å². The first-order valence-corrected chi connectivity index (χ1v) is 7.49. The van der Waals surface area contributed by atoms with Crippen molar-refractivity contribution in [3.8, 4) is 0 Å². The summed E-state index contributed by atoms with van der Waals surface area (Å²) in [6, 6.07) is 4.51. The van der Waals surface area contributed by atoms with Crippen LogP contribution >= 0.6 is 43.5 Å². The van der Waals surface area contributed by atoms with Gasteiger partial charge < -0.3 is 10.4 Å². The first-order chi connectivity index (χ1) is 9.90. The topological polar surface area (TPSA) is 79.3 Å². The minimum absolute atomic E-state index is 0.0513. The van der Waals surface area contributed by atoms with Crippen LogP contribution < -0.4 is 5.32 Å². The number of amides is 1. The Morgan fingerprint density at radius 3 is 2.57 bits per heavy atom. The molecule has 2 rings (SSSR count). The van der Waals surface area contributed by atoms with Gasteiger partial charge in [-0.25, -0.2) is 4.79 Å². The Balaban J connectivity index is 2.42. The van der Waals surface area contributed by atoms with Crippen LogP contribution in [0.5, 0.6) is 0 Å². The van der Waals surface area contributed by atoms with Gasteiger partial charge in [-0.2, -0.15) is 0 Å². The molecule has 0 atom stereocenters. The van der Waals surface area contributed by atoms with Gasteiger partial charge in [0.25, 0.3) is 5.91 Å². The lowest BCUT2D eigenvalue weighted by Crippen LogP contribution is -2.16. The lowest BCUT2D eigenvalue weighted by molar-refractivity contribution is 0.0698.